The molecule has 2 bridgehead atoms. The number of aliphatic hydroxyl groups excluding tert-OH is 1. The Kier molecular flexibility index (Phi) is 8.90. The van der Waals surface area contributed by atoms with Gasteiger partial charge in [-0.15, -0.1) is 13.2 Å². The Morgan fingerprint density at radius 1 is 1.18 bits per heavy atom. The van der Waals surface area contributed by atoms with Crippen molar-refractivity contribution in [2.75, 3.05) is 26.2 Å². The zero-order valence-corrected chi connectivity index (χ0v) is 24.4. The SMILES string of the molecule is C=CCN(CCC)C(=O)[C@@H]1[C@@H]2CCC3(O2)C(C(=O)N(CC=C)C(C)(C)C)N([C@@H](CO)Cc2ccccc2)C(=O)[C@H]13. The molecule has 218 valence electrons. The summed E-state index contributed by atoms with van der Waals surface area (Å²) in [5.74, 6) is -2.10. The Balaban J connectivity index is 1.81. The number of benzene rings is 1. The van der Waals surface area contributed by atoms with E-state index in [1.165, 1.54) is 0 Å². The minimum Gasteiger partial charge on any atom is -0.394 e. The van der Waals surface area contributed by atoms with Crippen molar-refractivity contribution in [3.8, 4) is 0 Å². The number of hydrogen-bond acceptors (Lipinski definition) is 5. The number of hydrogen-bond donors (Lipinski definition) is 1. The van der Waals surface area contributed by atoms with Crippen LogP contribution in [0, 0.1) is 11.8 Å². The molecule has 1 N–H and O–H groups in total. The molecule has 3 aliphatic heterocycles. The fraction of sp³-hybridized carbons (Fsp3) is 0.594. The van der Waals surface area contributed by atoms with Gasteiger partial charge in [0.05, 0.1) is 30.6 Å². The van der Waals surface area contributed by atoms with E-state index in [4.69, 9.17) is 4.74 Å². The first-order valence-electron chi connectivity index (χ1n) is 14.5. The van der Waals surface area contributed by atoms with Crippen LogP contribution in [0.2, 0.25) is 0 Å². The van der Waals surface area contributed by atoms with E-state index >= 15 is 0 Å². The number of rotatable bonds is 12. The summed E-state index contributed by atoms with van der Waals surface area (Å²) in [5, 5.41) is 10.6. The normalized spacial score (nSPS) is 27.8. The maximum atomic E-state index is 14.6. The first-order valence-corrected chi connectivity index (χ1v) is 14.5. The molecule has 0 radical (unpaired) electrons. The molecule has 4 rings (SSSR count). The Labute approximate surface area is 238 Å². The largest absolute Gasteiger partial charge is 0.394 e. The molecule has 3 aliphatic rings. The van der Waals surface area contributed by atoms with Crippen LogP contribution in [0.5, 0.6) is 0 Å². The van der Waals surface area contributed by atoms with Crippen molar-refractivity contribution in [1.82, 2.24) is 14.7 Å². The van der Waals surface area contributed by atoms with Crippen LogP contribution in [0.15, 0.2) is 55.6 Å². The number of amides is 3. The lowest BCUT2D eigenvalue weighted by Crippen LogP contribution is -2.62. The lowest BCUT2D eigenvalue weighted by atomic mass is 9.70. The predicted molar refractivity (Wildman–Crippen MR) is 154 cm³/mol. The third kappa shape index (κ3) is 5.12. The number of likely N-dealkylation sites (tertiary alicyclic amines) is 1. The van der Waals surface area contributed by atoms with Crippen molar-refractivity contribution in [2.24, 2.45) is 11.8 Å². The summed E-state index contributed by atoms with van der Waals surface area (Å²) in [7, 11) is 0. The molecule has 1 spiro atoms. The van der Waals surface area contributed by atoms with E-state index in [1.807, 2.05) is 58.0 Å². The van der Waals surface area contributed by atoms with Crippen LogP contribution >= 0.6 is 0 Å². The summed E-state index contributed by atoms with van der Waals surface area (Å²) in [6, 6.07) is 8.05. The summed E-state index contributed by atoms with van der Waals surface area (Å²) in [6.45, 7) is 16.5. The van der Waals surface area contributed by atoms with E-state index < -0.39 is 41.2 Å². The topological polar surface area (TPSA) is 90.4 Å². The Morgan fingerprint density at radius 3 is 2.42 bits per heavy atom. The van der Waals surface area contributed by atoms with Crippen molar-refractivity contribution >= 4 is 17.7 Å². The molecule has 3 fully saturated rings. The summed E-state index contributed by atoms with van der Waals surface area (Å²) in [6.07, 6.45) is 5.23. The molecule has 3 heterocycles. The zero-order valence-electron chi connectivity index (χ0n) is 24.4. The van der Waals surface area contributed by atoms with Gasteiger partial charge < -0.3 is 24.5 Å². The monoisotopic (exact) mass is 551 g/mol. The molecule has 3 amide bonds. The second-order valence-electron chi connectivity index (χ2n) is 12.3. The van der Waals surface area contributed by atoms with Crippen LogP contribution < -0.4 is 0 Å². The van der Waals surface area contributed by atoms with Gasteiger partial charge in [0.2, 0.25) is 17.7 Å². The standard InChI is InChI=1S/C32H45N3O5/c1-7-17-33(18-8-2)28(37)25-24-15-16-32(40-24)26(25)29(38)35(23(21-36)20-22-13-11-10-12-14-22)27(32)30(39)34(19-9-3)31(4,5)6/h7,9-14,23-27,36H,1,3,8,15-21H2,2,4-6H3/t23-,24+,25-,26+,27?,32?/m1/s1. The molecule has 6 atom stereocenters. The number of ether oxygens (including phenoxy) is 1. The second-order valence-corrected chi connectivity index (χ2v) is 12.3. The van der Waals surface area contributed by atoms with Gasteiger partial charge in [0.1, 0.15) is 11.6 Å². The van der Waals surface area contributed by atoms with Gasteiger partial charge in [0.15, 0.2) is 0 Å². The molecule has 1 aromatic carbocycles. The van der Waals surface area contributed by atoms with Gasteiger partial charge in [-0.05, 0) is 52.0 Å². The second kappa shape index (κ2) is 11.9. The lowest BCUT2D eigenvalue weighted by molar-refractivity contribution is -0.154. The predicted octanol–water partition coefficient (Wildman–Crippen LogP) is 3.20. The highest BCUT2D eigenvalue weighted by Crippen LogP contribution is 2.59. The number of fused-ring (bicyclic) bond motifs is 1. The number of carbonyl (C=O) groups is 3. The molecule has 40 heavy (non-hydrogen) atoms. The molecule has 8 heteroatoms. The zero-order chi connectivity index (χ0) is 29.2. The maximum absolute atomic E-state index is 14.6. The van der Waals surface area contributed by atoms with E-state index in [9.17, 15) is 19.5 Å². The number of nitrogens with zero attached hydrogens (tertiary/aromatic N) is 3. The van der Waals surface area contributed by atoms with Crippen molar-refractivity contribution in [2.45, 2.75) is 82.7 Å². The Morgan fingerprint density at radius 2 is 1.85 bits per heavy atom. The first kappa shape index (κ1) is 30.0. The van der Waals surface area contributed by atoms with Crippen molar-refractivity contribution in [3.05, 3.63) is 61.2 Å². The molecule has 0 aromatic heterocycles. The number of carbonyl (C=O) groups excluding carboxylic acids is 3. The third-order valence-electron chi connectivity index (χ3n) is 8.72. The van der Waals surface area contributed by atoms with Crippen LogP contribution in [-0.4, -0.2) is 93.1 Å². The van der Waals surface area contributed by atoms with Crippen molar-refractivity contribution in [3.63, 3.8) is 0 Å². The Bertz CT molecular complexity index is 1120. The fourth-order valence-corrected chi connectivity index (χ4v) is 7.08. The smallest absolute Gasteiger partial charge is 0.249 e. The van der Waals surface area contributed by atoms with Gasteiger partial charge in [-0.25, -0.2) is 0 Å². The molecular formula is C32H45N3O5. The molecule has 0 saturated carbocycles. The van der Waals surface area contributed by atoms with Crippen molar-refractivity contribution in [1.29, 1.82) is 0 Å². The summed E-state index contributed by atoms with van der Waals surface area (Å²) >= 11 is 0. The van der Waals surface area contributed by atoms with E-state index in [0.717, 1.165) is 12.0 Å². The molecule has 2 unspecified atom stereocenters. The van der Waals surface area contributed by atoms with Gasteiger partial charge in [0, 0.05) is 25.2 Å². The Hall–Kier alpha value is -2.97. The van der Waals surface area contributed by atoms with Crippen LogP contribution in [-0.2, 0) is 25.5 Å². The highest BCUT2D eigenvalue weighted by atomic mass is 16.5. The minimum absolute atomic E-state index is 0.123. The lowest BCUT2D eigenvalue weighted by Gasteiger charge is -2.43. The van der Waals surface area contributed by atoms with E-state index in [2.05, 4.69) is 13.2 Å². The molecule has 0 aliphatic carbocycles. The van der Waals surface area contributed by atoms with E-state index in [0.29, 0.717) is 38.9 Å². The molecule has 3 saturated heterocycles. The van der Waals surface area contributed by atoms with E-state index in [1.54, 1.807) is 26.9 Å². The molecule has 1 aromatic rings. The van der Waals surface area contributed by atoms with Gasteiger partial charge >= 0.3 is 0 Å². The van der Waals surface area contributed by atoms with Gasteiger partial charge in [-0.3, -0.25) is 14.4 Å². The highest BCUT2D eigenvalue weighted by molar-refractivity contribution is 5.99. The van der Waals surface area contributed by atoms with Crippen molar-refractivity contribution < 1.29 is 24.2 Å². The van der Waals surface area contributed by atoms with Gasteiger partial charge in [0.25, 0.3) is 0 Å². The first-order chi connectivity index (χ1) is 19.0. The number of aliphatic hydroxyl groups is 1. The average Bonchev–Trinajstić information content (AvgIpc) is 3.57. The molecular weight excluding hydrogens is 506 g/mol. The summed E-state index contributed by atoms with van der Waals surface area (Å²) in [4.78, 5) is 48.1. The fourth-order valence-electron chi connectivity index (χ4n) is 7.08. The van der Waals surface area contributed by atoms with E-state index in [-0.39, 0.29) is 24.3 Å². The average molecular weight is 552 g/mol. The minimum atomic E-state index is -1.12. The molecule has 8 nitrogen and oxygen atoms in total. The van der Waals surface area contributed by atoms with Crippen LogP contribution in [0.25, 0.3) is 0 Å². The maximum Gasteiger partial charge on any atom is 0.249 e. The summed E-state index contributed by atoms with van der Waals surface area (Å²) < 4.78 is 6.65. The van der Waals surface area contributed by atoms with Crippen LogP contribution in [0.4, 0.5) is 0 Å². The third-order valence-corrected chi connectivity index (χ3v) is 8.72. The van der Waals surface area contributed by atoms with Crippen LogP contribution in [0.3, 0.4) is 0 Å². The highest BCUT2D eigenvalue weighted by Gasteiger charge is 2.75. The van der Waals surface area contributed by atoms with Crippen LogP contribution in [0.1, 0.15) is 52.5 Å². The van der Waals surface area contributed by atoms with Gasteiger partial charge in [-0.1, -0.05) is 49.4 Å². The quantitative estimate of drug-likeness (QED) is 0.403. The summed E-state index contributed by atoms with van der Waals surface area (Å²) in [5.41, 5.74) is -0.719. The van der Waals surface area contributed by atoms with Gasteiger partial charge in [-0.2, -0.15) is 0 Å².